The van der Waals surface area contributed by atoms with E-state index in [-0.39, 0.29) is 22.9 Å². The molecule has 0 unspecified atom stereocenters. The number of fused-ring (bicyclic) bond motifs is 1. The van der Waals surface area contributed by atoms with E-state index in [1.165, 1.54) is 15.9 Å². The van der Waals surface area contributed by atoms with Gasteiger partial charge in [0.15, 0.2) is 0 Å². The van der Waals surface area contributed by atoms with E-state index in [1.807, 2.05) is 5.38 Å². The standard InChI is InChI=1S/C13H13N3O3S3/c1-9-15-12-10(4-8-21-12)13(17)16(9)6-5-14-22(18,19)11-3-2-7-20-11/h2-4,7-8,14H,5-6H2,1H3. The summed E-state index contributed by atoms with van der Waals surface area (Å²) < 4.78 is 28.3. The SMILES string of the molecule is Cc1nc2sccc2c(=O)n1CCNS(=O)(=O)c1cccs1. The smallest absolute Gasteiger partial charge is 0.262 e. The lowest BCUT2D eigenvalue weighted by atomic mass is 10.4. The van der Waals surface area contributed by atoms with E-state index in [0.717, 1.165) is 11.3 Å². The Kier molecular flexibility index (Phi) is 4.13. The molecule has 0 atom stereocenters. The van der Waals surface area contributed by atoms with Gasteiger partial charge in [0.25, 0.3) is 5.56 Å². The summed E-state index contributed by atoms with van der Waals surface area (Å²) in [5.41, 5.74) is -0.140. The zero-order chi connectivity index (χ0) is 15.7. The average molecular weight is 355 g/mol. The molecule has 3 rings (SSSR count). The number of rotatable bonds is 5. The molecule has 0 saturated heterocycles. The number of thiophene rings is 2. The molecular formula is C13H13N3O3S3. The van der Waals surface area contributed by atoms with Crippen LogP contribution in [0.15, 0.2) is 38.0 Å². The molecule has 9 heteroatoms. The van der Waals surface area contributed by atoms with Crippen molar-refractivity contribution in [3.63, 3.8) is 0 Å². The highest BCUT2D eigenvalue weighted by molar-refractivity contribution is 7.91. The van der Waals surface area contributed by atoms with Gasteiger partial charge in [-0.15, -0.1) is 22.7 Å². The summed E-state index contributed by atoms with van der Waals surface area (Å²) in [5.74, 6) is 0.579. The first-order valence-corrected chi connectivity index (χ1v) is 9.71. The summed E-state index contributed by atoms with van der Waals surface area (Å²) in [6.07, 6.45) is 0. The van der Waals surface area contributed by atoms with E-state index in [2.05, 4.69) is 9.71 Å². The third kappa shape index (κ3) is 2.84. The van der Waals surface area contributed by atoms with Crippen molar-refractivity contribution in [3.05, 3.63) is 45.1 Å². The monoisotopic (exact) mass is 355 g/mol. The Hall–Kier alpha value is -1.55. The number of sulfonamides is 1. The van der Waals surface area contributed by atoms with Crippen molar-refractivity contribution in [2.75, 3.05) is 6.54 Å². The molecule has 0 aliphatic heterocycles. The fraction of sp³-hybridized carbons (Fsp3) is 0.231. The summed E-state index contributed by atoms with van der Waals surface area (Å²) in [6, 6.07) is 4.97. The van der Waals surface area contributed by atoms with Crippen LogP contribution in [0.3, 0.4) is 0 Å². The number of nitrogens with zero attached hydrogens (tertiary/aromatic N) is 2. The van der Waals surface area contributed by atoms with Crippen LogP contribution in [0.1, 0.15) is 5.82 Å². The topological polar surface area (TPSA) is 81.1 Å². The number of aromatic nitrogens is 2. The highest BCUT2D eigenvalue weighted by Gasteiger charge is 2.15. The van der Waals surface area contributed by atoms with Crippen molar-refractivity contribution in [1.29, 1.82) is 0 Å². The molecule has 0 fully saturated rings. The van der Waals surface area contributed by atoms with Gasteiger partial charge in [0.1, 0.15) is 14.9 Å². The Labute approximate surface area is 135 Å². The first-order valence-electron chi connectivity index (χ1n) is 6.47. The van der Waals surface area contributed by atoms with Crippen molar-refractivity contribution >= 4 is 42.9 Å². The summed E-state index contributed by atoms with van der Waals surface area (Å²) in [6.45, 7) is 2.13. The molecule has 0 bridgehead atoms. The maximum absolute atomic E-state index is 12.3. The summed E-state index contributed by atoms with van der Waals surface area (Å²) in [5, 5.41) is 4.09. The maximum Gasteiger partial charge on any atom is 0.262 e. The zero-order valence-corrected chi connectivity index (χ0v) is 14.1. The van der Waals surface area contributed by atoms with Gasteiger partial charge < -0.3 is 0 Å². The van der Waals surface area contributed by atoms with Gasteiger partial charge in [-0.25, -0.2) is 18.1 Å². The predicted octanol–water partition coefficient (Wildman–Crippen LogP) is 1.81. The Morgan fingerprint density at radius 1 is 1.27 bits per heavy atom. The average Bonchev–Trinajstić information content (AvgIpc) is 3.12. The molecular weight excluding hydrogens is 342 g/mol. The largest absolute Gasteiger partial charge is 0.295 e. The first kappa shape index (κ1) is 15.3. The van der Waals surface area contributed by atoms with Crippen LogP contribution in [0.2, 0.25) is 0 Å². The minimum Gasteiger partial charge on any atom is -0.295 e. The number of aryl methyl sites for hydroxylation is 1. The molecule has 0 aliphatic carbocycles. The number of nitrogens with one attached hydrogen (secondary N) is 1. The van der Waals surface area contributed by atoms with E-state index < -0.39 is 10.0 Å². The lowest BCUT2D eigenvalue weighted by molar-refractivity contribution is 0.568. The lowest BCUT2D eigenvalue weighted by Crippen LogP contribution is -2.32. The molecule has 0 saturated carbocycles. The Morgan fingerprint density at radius 3 is 2.82 bits per heavy atom. The molecule has 6 nitrogen and oxygen atoms in total. The van der Waals surface area contributed by atoms with Gasteiger partial charge >= 0.3 is 0 Å². The first-order chi connectivity index (χ1) is 10.5. The van der Waals surface area contributed by atoms with Crippen LogP contribution in [0.25, 0.3) is 10.2 Å². The van der Waals surface area contributed by atoms with Crippen LogP contribution >= 0.6 is 22.7 Å². The maximum atomic E-state index is 12.3. The van der Waals surface area contributed by atoms with Gasteiger partial charge in [0.05, 0.1) is 5.39 Å². The molecule has 22 heavy (non-hydrogen) atoms. The van der Waals surface area contributed by atoms with Crippen LogP contribution in [0, 0.1) is 6.92 Å². The van der Waals surface area contributed by atoms with Crippen LogP contribution in [-0.4, -0.2) is 24.5 Å². The molecule has 116 valence electrons. The molecule has 1 N–H and O–H groups in total. The van der Waals surface area contributed by atoms with Gasteiger partial charge in [-0.1, -0.05) is 6.07 Å². The second-order valence-electron chi connectivity index (χ2n) is 4.59. The summed E-state index contributed by atoms with van der Waals surface area (Å²) in [4.78, 5) is 17.4. The van der Waals surface area contributed by atoms with E-state index in [9.17, 15) is 13.2 Å². The van der Waals surface area contributed by atoms with Gasteiger partial charge in [0.2, 0.25) is 10.0 Å². The Morgan fingerprint density at radius 2 is 2.09 bits per heavy atom. The molecule has 0 aromatic carbocycles. The third-order valence-electron chi connectivity index (χ3n) is 3.16. The highest BCUT2D eigenvalue weighted by Crippen LogP contribution is 2.16. The fourth-order valence-corrected chi connectivity index (χ4v) is 4.95. The van der Waals surface area contributed by atoms with Crippen molar-refractivity contribution < 1.29 is 8.42 Å². The van der Waals surface area contributed by atoms with Crippen molar-refractivity contribution in [3.8, 4) is 0 Å². The Bertz CT molecular complexity index is 955. The second-order valence-corrected chi connectivity index (χ2v) is 8.42. The molecule has 0 aliphatic rings. The van der Waals surface area contributed by atoms with Gasteiger partial charge in [-0.2, -0.15) is 0 Å². The zero-order valence-electron chi connectivity index (χ0n) is 11.6. The van der Waals surface area contributed by atoms with Crippen molar-refractivity contribution in [2.24, 2.45) is 0 Å². The van der Waals surface area contributed by atoms with Gasteiger partial charge in [-0.3, -0.25) is 9.36 Å². The molecule has 3 heterocycles. The molecule has 0 radical (unpaired) electrons. The number of hydrogen-bond acceptors (Lipinski definition) is 6. The van der Waals surface area contributed by atoms with E-state index >= 15 is 0 Å². The quantitative estimate of drug-likeness (QED) is 0.757. The molecule has 3 aromatic heterocycles. The van der Waals surface area contributed by atoms with Crippen LogP contribution in [0.4, 0.5) is 0 Å². The third-order valence-corrected chi connectivity index (χ3v) is 6.83. The lowest BCUT2D eigenvalue weighted by Gasteiger charge is -2.10. The van der Waals surface area contributed by atoms with Gasteiger partial charge in [-0.05, 0) is 29.8 Å². The minimum atomic E-state index is -3.51. The van der Waals surface area contributed by atoms with Crippen molar-refractivity contribution in [1.82, 2.24) is 14.3 Å². The molecule has 0 spiro atoms. The normalized spacial score (nSPS) is 12.0. The summed E-state index contributed by atoms with van der Waals surface area (Å²) >= 11 is 2.57. The van der Waals surface area contributed by atoms with Crippen LogP contribution in [0.5, 0.6) is 0 Å². The molecule has 3 aromatic rings. The highest BCUT2D eigenvalue weighted by atomic mass is 32.2. The van der Waals surface area contributed by atoms with E-state index in [0.29, 0.717) is 16.0 Å². The van der Waals surface area contributed by atoms with Crippen LogP contribution < -0.4 is 10.3 Å². The van der Waals surface area contributed by atoms with E-state index in [4.69, 9.17) is 0 Å². The predicted molar refractivity (Wildman–Crippen MR) is 88.1 cm³/mol. The Balaban J connectivity index is 1.79. The van der Waals surface area contributed by atoms with Crippen molar-refractivity contribution in [2.45, 2.75) is 17.7 Å². The van der Waals surface area contributed by atoms with E-state index in [1.54, 1.807) is 30.5 Å². The fourth-order valence-electron chi connectivity index (χ4n) is 2.09. The number of hydrogen-bond donors (Lipinski definition) is 1. The second kappa shape index (κ2) is 5.92. The minimum absolute atomic E-state index is 0.137. The van der Waals surface area contributed by atoms with Crippen LogP contribution in [-0.2, 0) is 16.6 Å². The van der Waals surface area contributed by atoms with Gasteiger partial charge in [0, 0.05) is 13.1 Å². The summed E-state index contributed by atoms with van der Waals surface area (Å²) in [7, 11) is -3.51. The molecule has 0 amide bonds.